The van der Waals surface area contributed by atoms with E-state index in [2.05, 4.69) is 60.4 Å². The topological polar surface area (TPSA) is 3.24 Å². The molecule has 0 saturated heterocycles. The molecule has 3 aromatic carbocycles. The first-order valence-electron chi connectivity index (χ1n) is 8.27. The van der Waals surface area contributed by atoms with Crippen molar-refractivity contribution in [1.29, 1.82) is 0 Å². The molecule has 0 unspecified atom stereocenters. The first-order valence-corrected chi connectivity index (χ1v) is 8.27. The summed E-state index contributed by atoms with van der Waals surface area (Å²) in [7, 11) is 0. The molecule has 0 fully saturated rings. The van der Waals surface area contributed by atoms with Crippen LogP contribution < -0.4 is 4.90 Å². The molecule has 0 atom stereocenters. The average Bonchev–Trinajstić information content (AvgIpc) is 3.15. The molecule has 0 N–H and O–H groups in total. The Balaban J connectivity index is 1.87. The lowest BCUT2D eigenvalue weighted by atomic mass is 9.95. The van der Waals surface area contributed by atoms with E-state index in [1.54, 1.807) is 0 Å². The van der Waals surface area contributed by atoms with Gasteiger partial charge in [-0.1, -0.05) is 48.5 Å². The van der Waals surface area contributed by atoms with Gasteiger partial charge in [-0.15, -0.1) is 0 Å². The standard InChI is InChI=1S/C21H19N/c1-2-22-12-11-15-8-7-14-9-10-18-17-6-4-3-5-16(17)13-19(18)20(14)21(15)22/h3-10H,2,11-13H2,1H3. The monoisotopic (exact) mass is 285 g/mol. The van der Waals surface area contributed by atoms with E-state index in [0.717, 1.165) is 13.0 Å². The Kier molecular flexibility index (Phi) is 2.43. The van der Waals surface area contributed by atoms with Gasteiger partial charge in [0.15, 0.2) is 0 Å². The summed E-state index contributed by atoms with van der Waals surface area (Å²) in [6.07, 6.45) is 2.27. The predicted octanol–water partition coefficient (Wildman–Crippen LogP) is 4.79. The summed E-state index contributed by atoms with van der Waals surface area (Å²) >= 11 is 0. The Morgan fingerprint density at radius 3 is 2.68 bits per heavy atom. The van der Waals surface area contributed by atoms with E-state index in [1.165, 1.54) is 57.2 Å². The van der Waals surface area contributed by atoms with E-state index in [9.17, 15) is 0 Å². The summed E-state index contributed by atoms with van der Waals surface area (Å²) in [5, 5.41) is 2.90. The fourth-order valence-electron chi connectivity index (χ4n) is 4.32. The molecule has 0 spiro atoms. The van der Waals surface area contributed by atoms with Gasteiger partial charge in [0.1, 0.15) is 0 Å². The number of nitrogens with zero attached hydrogens (tertiary/aromatic N) is 1. The highest BCUT2D eigenvalue weighted by molar-refractivity contribution is 6.04. The molecule has 0 aromatic heterocycles. The van der Waals surface area contributed by atoms with Gasteiger partial charge in [-0.3, -0.25) is 0 Å². The van der Waals surface area contributed by atoms with Crippen molar-refractivity contribution in [3.63, 3.8) is 0 Å². The maximum Gasteiger partial charge on any atom is 0.0482 e. The lowest BCUT2D eigenvalue weighted by Crippen LogP contribution is -2.19. The Morgan fingerprint density at radius 1 is 0.909 bits per heavy atom. The number of fused-ring (bicyclic) bond motifs is 7. The fourth-order valence-corrected chi connectivity index (χ4v) is 4.32. The van der Waals surface area contributed by atoms with Gasteiger partial charge in [0.2, 0.25) is 0 Å². The molecule has 1 heteroatoms. The Bertz CT molecular complexity index is 907. The van der Waals surface area contributed by atoms with Crippen molar-refractivity contribution in [1.82, 2.24) is 0 Å². The van der Waals surface area contributed by atoms with Gasteiger partial charge in [0, 0.05) is 24.2 Å². The van der Waals surface area contributed by atoms with Crippen molar-refractivity contribution in [2.24, 2.45) is 0 Å². The fraction of sp³-hybridized carbons (Fsp3) is 0.238. The third-order valence-electron chi connectivity index (χ3n) is 5.37. The van der Waals surface area contributed by atoms with Crippen LogP contribution in [0.15, 0.2) is 48.5 Å². The zero-order chi connectivity index (χ0) is 14.7. The maximum atomic E-state index is 2.56. The number of hydrogen-bond acceptors (Lipinski definition) is 1. The van der Waals surface area contributed by atoms with Crippen LogP contribution >= 0.6 is 0 Å². The van der Waals surface area contributed by atoms with Crippen molar-refractivity contribution < 1.29 is 0 Å². The minimum Gasteiger partial charge on any atom is -0.371 e. The van der Waals surface area contributed by atoms with Gasteiger partial charge in [0.25, 0.3) is 0 Å². The highest BCUT2D eigenvalue weighted by atomic mass is 15.1. The summed E-state index contributed by atoms with van der Waals surface area (Å²) in [4.78, 5) is 2.56. The minimum absolute atomic E-state index is 1.08. The Hall–Kier alpha value is -2.28. The second kappa shape index (κ2) is 4.36. The van der Waals surface area contributed by atoms with Crippen molar-refractivity contribution in [3.8, 4) is 11.1 Å². The number of likely N-dealkylation sites (N-methyl/N-ethyl adjacent to an activating group) is 1. The lowest BCUT2D eigenvalue weighted by molar-refractivity contribution is 0.870. The number of anilines is 1. The minimum atomic E-state index is 1.08. The molecule has 22 heavy (non-hydrogen) atoms. The second-order valence-corrected chi connectivity index (χ2v) is 6.43. The van der Waals surface area contributed by atoms with Crippen LogP contribution in [0.2, 0.25) is 0 Å². The molecule has 2 aliphatic rings. The van der Waals surface area contributed by atoms with Crippen LogP contribution in [0.25, 0.3) is 21.9 Å². The largest absolute Gasteiger partial charge is 0.371 e. The smallest absolute Gasteiger partial charge is 0.0482 e. The third kappa shape index (κ3) is 1.49. The first-order chi connectivity index (χ1) is 10.9. The zero-order valence-corrected chi connectivity index (χ0v) is 12.9. The highest BCUT2D eigenvalue weighted by Gasteiger charge is 2.26. The molecule has 3 aromatic rings. The summed E-state index contributed by atoms with van der Waals surface area (Å²) in [5.74, 6) is 0. The predicted molar refractivity (Wildman–Crippen MR) is 93.8 cm³/mol. The summed E-state index contributed by atoms with van der Waals surface area (Å²) < 4.78 is 0. The summed E-state index contributed by atoms with van der Waals surface area (Å²) in [6, 6.07) is 18.2. The summed E-state index contributed by atoms with van der Waals surface area (Å²) in [5.41, 5.74) is 8.92. The van der Waals surface area contributed by atoms with Gasteiger partial charge in [-0.05, 0) is 53.0 Å². The molecular formula is C21H19N. The maximum absolute atomic E-state index is 2.56. The van der Waals surface area contributed by atoms with Gasteiger partial charge in [-0.25, -0.2) is 0 Å². The van der Waals surface area contributed by atoms with Crippen LogP contribution in [0.3, 0.4) is 0 Å². The zero-order valence-electron chi connectivity index (χ0n) is 12.9. The third-order valence-corrected chi connectivity index (χ3v) is 5.37. The van der Waals surface area contributed by atoms with Crippen LogP contribution in [0.5, 0.6) is 0 Å². The van der Waals surface area contributed by atoms with Gasteiger partial charge in [-0.2, -0.15) is 0 Å². The molecule has 1 nitrogen and oxygen atoms in total. The molecule has 0 saturated carbocycles. The Labute approximate surface area is 131 Å². The van der Waals surface area contributed by atoms with Gasteiger partial charge in [0.05, 0.1) is 0 Å². The van der Waals surface area contributed by atoms with Crippen LogP contribution in [0, 0.1) is 0 Å². The Morgan fingerprint density at radius 2 is 1.77 bits per heavy atom. The van der Waals surface area contributed by atoms with Crippen LogP contribution in [0.1, 0.15) is 23.6 Å². The van der Waals surface area contributed by atoms with Crippen molar-refractivity contribution in [2.75, 3.05) is 18.0 Å². The van der Waals surface area contributed by atoms with Crippen LogP contribution in [-0.2, 0) is 12.8 Å². The number of benzene rings is 3. The lowest BCUT2D eigenvalue weighted by Gasteiger charge is -2.20. The van der Waals surface area contributed by atoms with E-state index in [-0.39, 0.29) is 0 Å². The van der Waals surface area contributed by atoms with E-state index >= 15 is 0 Å². The second-order valence-electron chi connectivity index (χ2n) is 6.43. The normalized spacial score (nSPS) is 15.0. The molecule has 0 radical (unpaired) electrons. The van der Waals surface area contributed by atoms with E-state index in [1.807, 2.05) is 0 Å². The SMILES string of the molecule is CCN1CCc2ccc3ccc4c(c3c21)Cc1ccccc1-4. The average molecular weight is 285 g/mol. The molecule has 1 aliphatic heterocycles. The van der Waals surface area contributed by atoms with E-state index < -0.39 is 0 Å². The summed E-state index contributed by atoms with van der Waals surface area (Å²) in [6.45, 7) is 4.54. The van der Waals surface area contributed by atoms with Crippen molar-refractivity contribution >= 4 is 16.5 Å². The molecule has 5 rings (SSSR count). The molecule has 0 amide bonds. The highest BCUT2D eigenvalue weighted by Crippen LogP contribution is 2.45. The van der Waals surface area contributed by atoms with Gasteiger partial charge < -0.3 is 4.90 Å². The quantitative estimate of drug-likeness (QED) is 0.486. The van der Waals surface area contributed by atoms with Crippen LogP contribution in [-0.4, -0.2) is 13.1 Å². The van der Waals surface area contributed by atoms with E-state index in [0.29, 0.717) is 0 Å². The van der Waals surface area contributed by atoms with E-state index in [4.69, 9.17) is 0 Å². The number of hydrogen-bond donors (Lipinski definition) is 0. The molecule has 1 aliphatic carbocycles. The van der Waals surface area contributed by atoms with Crippen molar-refractivity contribution in [3.05, 3.63) is 65.2 Å². The molecule has 1 heterocycles. The van der Waals surface area contributed by atoms with Crippen molar-refractivity contribution in [2.45, 2.75) is 19.8 Å². The molecule has 108 valence electrons. The molecule has 0 bridgehead atoms. The first kappa shape index (κ1) is 12.3. The van der Waals surface area contributed by atoms with Gasteiger partial charge >= 0.3 is 0 Å². The molecular weight excluding hydrogens is 266 g/mol. The van der Waals surface area contributed by atoms with Crippen LogP contribution in [0.4, 0.5) is 5.69 Å². The number of rotatable bonds is 1.